The predicted octanol–water partition coefficient (Wildman–Crippen LogP) is 1.39. The molecule has 1 fully saturated rings. The molecule has 0 amide bonds. The Morgan fingerprint density at radius 2 is 2.24 bits per heavy atom. The van der Waals surface area contributed by atoms with Crippen molar-refractivity contribution in [2.45, 2.75) is 32.7 Å². The third-order valence-electron chi connectivity index (χ3n) is 3.29. The van der Waals surface area contributed by atoms with E-state index in [-0.39, 0.29) is 5.84 Å². The first-order chi connectivity index (χ1) is 8.08. The van der Waals surface area contributed by atoms with Crippen molar-refractivity contribution in [3.8, 4) is 0 Å². The highest BCUT2D eigenvalue weighted by Crippen LogP contribution is 2.24. The minimum absolute atomic E-state index is 0.00800. The van der Waals surface area contributed by atoms with Crippen LogP contribution < -0.4 is 10.6 Å². The monoisotopic (exact) mass is 233 g/mol. The van der Waals surface area contributed by atoms with Crippen LogP contribution in [0.5, 0.6) is 0 Å². The lowest BCUT2D eigenvalue weighted by molar-refractivity contribution is 0.385. The van der Waals surface area contributed by atoms with E-state index in [4.69, 9.17) is 11.1 Å². The first-order valence-corrected chi connectivity index (χ1v) is 6.02. The summed E-state index contributed by atoms with van der Waals surface area (Å²) in [5.74, 6) is 1.35. The molecule has 0 spiro atoms. The van der Waals surface area contributed by atoms with Gasteiger partial charge in [0.2, 0.25) is 5.95 Å². The highest BCUT2D eigenvalue weighted by Gasteiger charge is 2.24. The second-order valence-corrected chi connectivity index (χ2v) is 4.84. The third kappa shape index (κ3) is 2.54. The molecular formula is C12H19N5. The molecule has 3 N–H and O–H groups in total. The summed E-state index contributed by atoms with van der Waals surface area (Å²) in [5, 5.41) is 7.40. The average molecular weight is 233 g/mol. The van der Waals surface area contributed by atoms with Crippen LogP contribution in [0.4, 0.5) is 5.95 Å². The van der Waals surface area contributed by atoms with Crippen molar-refractivity contribution in [1.82, 2.24) is 9.97 Å². The van der Waals surface area contributed by atoms with Gasteiger partial charge in [0.05, 0.1) is 0 Å². The zero-order chi connectivity index (χ0) is 12.4. The Labute approximate surface area is 102 Å². The van der Waals surface area contributed by atoms with Gasteiger partial charge in [-0.1, -0.05) is 6.92 Å². The van der Waals surface area contributed by atoms with Gasteiger partial charge < -0.3 is 10.6 Å². The van der Waals surface area contributed by atoms with Crippen LogP contribution >= 0.6 is 0 Å². The van der Waals surface area contributed by atoms with E-state index < -0.39 is 0 Å². The summed E-state index contributed by atoms with van der Waals surface area (Å²) in [6.45, 7) is 5.41. The number of piperidine rings is 1. The number of nitrogens with one attached hydrogen (secondary N) is 1. The molecule has 2 unspecified atom stereocenters. The van der Waals surface area contributed by atoms with Gasteiger partial charge in [-0.15, -0.1) is 0 Å². The Hall–Kier alpha value is -1.65. The van der Waals surface area contributed by atoms with E-state index in [9.17, 15) is 0 Å². The van der Waals surface area contributed by atoms with E-state index in [0.29, 0.717) is 23.6 Å². The smallest absolute Gasteiger partial charge is 0.226 e. The van der Waals surface area contributed by atoms with Crippen LogP contribution in [-0.2, 0) is 0 Å². The van der Waals surface area contributed by atoms with Gasteiger partial charge in [0, 0.05) is 18.8 Å². The molecule has 1 aliphatic heterocycles. The standard InChI is InChI=1S/C12H19N5/c1-8-3-4-9(2)17(7-8)12-15-6-5-10(16-12)11(13)14/h5-6,8-9H,3-4,7H2,1-2H3,(H3,13,14). The largest absolute Gasteiger partial charge is 0.382 e. The molecule has 0 aromatic carbocycles. The first kappa shape index (κ1) is 11.8. The van der Waals surface area contributed by atoms with Crippen molar-refractivity contribution in [2.75, 3.05) is 11.4 Å². The summed E-state index contributed by atoms with van der Waals surface area (Å²) >= 11 is 0. The number of anilines is 1. The normalized spacial score (nSPS) is 24.7. The highest BCUT2D eigenvalue weighted by molar-refractivity contribution is 5.93. The Morgan fingerprint density at radius 3 is 2.94 bits per heavy atom. The fourth-order valence-electron chi connectivity index (χ4n) is 2.20. The van der Waals surface area contributed by atoms with Crippen molar-refractivity contribution in [3.05, 3.63) is 18.0 Å². The van der Waals surface area contributed by atoms with Gasteiger partial charge in [0.25, 0.3) is 0 Å². The zero-order valence-electron chi connectivity index (χ0n) is 10.3. The van der Waals surface area contributed by atoms with Crippen LogP contribution in [0.2, 0.25) is 0 Å². The number of nitrogen functional groups attached to an aromatic ring is 1. The van der Waals surface area contributed by atoms with Crippen LogP contribution in [0.15, 0.2) is 12.3 Å². The number of hydrogen-bond acceptors (Lipinski definition) is 4. The molecule has 1 aliphatic rings. The van der Waals surface area contributed by atoms with Gasteiger partial charge in [0.15, 0.2) is 0 Å². The lowest BCUT2D eigenvalue weighted by Crippen LogP contribution is -2.42. The highest BCUT2D eigenvalue weighted by atomic mass is 15.3. The maximum absolute atomic E-state index is 7.40. The van der Waals surface area contributed by atoms with Crippen molar-refractivity contribution >= 4 is 11.8 Å². The molecule has 0 aliphatic carbocycles. The topological polar surface area (TPSA) is 78.9 Å². The van der Waals surface area contributed by atoms with Crippen LogP contribution in [-0.4, -0.2) is 28.4 Å². The van der Waals surface area contributed by atoms with Gasteiger partial charge in [-0.05, 0) is 31.7 Å². The van der Waals surface area contributed by atoms with Crippen molar-refractivity contribution in [2.24, 2.45) is 11.7 Å². The Morgan fingerprint density at radius 1 is 1.47 bits per heavy atom. The maximum atomic E-state index is 7.40. The van der Waals surface area contributed by atoms with Crippen LogP contribution in [0.25, 0.3) is 0 Å². The number of amidine groups is 1. The van der Waals surface area contributed by atoms with Crippen molar-refractivity contribution < 1.29 is 0 Å². The fraction of sp³-hybridized carbons (Fsp3) is 0.583. The summed E-state index contributed by atoms with van der Waals surface area (Å²) in [4.78, 5) is 10.8. The van der Waals surface area contributed by atoms with Crippen LogP contribution in [0.1, 0.15) is 32.4 Å². The lowest BCUT2D eigenvalue weighted by atomic mass is 9.95. The number of nitrogens with zero attached hydrogens (tertiary/aromatic N) is 3. The zero-order valence-corrected chi connectivity index (χ0v) is 10.3. The summed E-state index contributed by atoms with van der Waals surface area (Å²) in [6, 6.07) is 2.12. The molecule has 2 rings (SSSR count). The predicted molar refractivity (Wildman–Crippen MR) is 68.3 cm³/mol. The molecule has 0 radical (unpaired) electrons. The minimum atomic E-state index is -0.00800. The van der Waals surface area contributed by atoms with E-state index >= 15 is 0 Å². The Bertz CT molecular complexity index is 417. The number of hydrogen-bond donors (Lipinski definition) is 2. The molecule has 2 atom stereocenters. The van der Waals surface area contributed by atoms with Crippen LogP contribution in [0.3, 0.4) is 0 Å². The van der Waals surface area contributed by atoms with Gasteiger partial charge in [-0.2, -0.15) is 0 Å². The van der Waals surface area contributed by atoms with Gasteiger partial charge in [-0.25, -0.2) is 9.97 Å². The number of nitrogens with two attached hydrogens (primary N) is 1. The van der Waals surface area contributed by atoms with E-state index in [2.05, 4.69) is 28.7 Å². The second kappa shape index (κ2) is 4.69. The molecule has 0 saturated carbocycles. The summed E-state index contributed by atoms with van der Waals surface area (Å²) in [6.07, 6.45) is 4.09. The Kier molecular flexibility index (Phi) is 3.26. The molecule has 0 bridgehead atoms. The number of aromatic nitrogens is 2. The van der Waals surface area contributed by atoms with E-state index in [0.717, 1.165) is 13.0 Å². The molecular weight excluding hydrogens is 214 g/mol. The molecule has 92 valence electrons. The average Bonchev–Trinajstić information content (AvgIpc) is 2.32. The first-order valence-electron chi connectivity index (χ1n) is 6.02. The molecule has 1 aromatic heterocycles. The van der Waals surface area contributed by atoms with Gasteiger partial charge in [0.1, 0.15) is 11.5 Å². The molecule has 1 aromatic rings. The molecule has 1 saturated heterocycles. The summed E-state index contributed by atoms with van der Waals surface area (Å²) in [5.41, 5.74) is 5.95. The van der Waals surface area contributed by atoms with Crippen LogP contribution in [0, 0.1) is 11.3 Å². The third-order valence-corrected chi connectivity index (χ3v) is 3.29. The van der Waals surface area contributed by atoms with Gasteiger partial charge >= 0.3 is 0 Å². The Balaban J connectivity index is 2.26. The SMILES string of the molecule is CC1CCC(C)N(c2nccc(C(=N)N)n2)C1. The molecule has 5 nitrogen and oxygen atoms in total. The summed E-state index contributed by atoms with van der Waals surface area (Å²) < 4.78 is 0. The van der Waals surface area contributed by atoms with E-state index in [1.54, 1.807) is 12.3 Å². The second-order valence-electron chi connectivity index (χ2n) is 4.84. The van der Waals surface area contributed by atoms with Gasteiger partial charge in [-0.3, -0.25) is 5.41 Å². The lowest BCUT2D eigenvalue weighted by Gasteiger charge is -2.36. The van der Waals surface area contributed by atoms with Crippen molar-refractivity contribution in [3.63, 3.8) is 0 Å². The molecule has 2 heterocycles. The quantitative estimate of drug-likeness (QED) is 0.597. The minimum Gasteiger partial charge on any atom is -0.382 e. The maximum Gasteiger partial charge on any atom is 0.226 e. The summed E-state index contributed by atoms with van der Waals surface area (Å²) in [7, 11) is 0. The molecule has 17 heavy (non-hydrogen) atoms. The number of rotatable bonds is 2. The van der Waals surface area contributed by atoms with E-state index in [1.165, 1.54) is 6.42 Å². The molecule has 5 heteroatoms. The van der Waals surface area contributed by atoms with Crippen molar-refractivity contribution in [1.29, 1.82) is 5.41 Å². The van der Waals surface area contributed by atoms with E-state index in [1.807, 2.05) is 0 Å². The fourth-order valence-corrected chi connectivity index (χ4v) is 2.20.